The number of anilines is 12. The van der Waals surface area contributed by atoms with Crippen LogP contribution in [0.15, 0.2) is 303 Å². The summed E-state index contributed by atoms with van der Waals surface area (Å²) in [6.07, 6.45) is 11.9. The lowest BCUT2D eigenvalue weighted by Gasteiger charge is -2.27. The van der Waals surface area contributed by atoms with Crippen LogP contribution in [0.25, 0.3) is 0 Å². The molecular weight excluding hydrogens is 1430 g/mol. The Morgan fingerprint density at radius 1 is 0.248 bits per heavy atom. The lowest BCUT2D eigenvalue weighted by atomic mass is 10.1. The lowest BCUT2D eigenvalue weighted by Crippen LogP contribution is -2.10. The number of unbranched alkanes of at least 4 members (excludes halogenated alkanes) is 3. The third-order valence-electron chi connectivity index (χ3n) is 20.3. The van der Waals surface area contributed by atoms with E-state index in [1.807, 2.05) is 0 Å². The van der Waals surface area contributed by atoms with Crippen molar-refractivity contribution in [3.8, 4) is 0 Å². The second kappa shape index (κ2) is 48.6. The predicted molar refractivity (Wildman–Crippen MR) is 505 cm³/mol. The Morgan fingerprint density at radius 2 is 0.453 bits per heavy atom. The van der Waals surface area contributed by atoms with E-state index in [2.05, 4.69) is 423 Å². The molecule has 0 radical (unpaired) electrons. The number of benzene rings is 12. The Bertz CT molecular complexity index is 4690. The molecule has 12 aromatic rings. The van der Waals surface area contributed by atoms with Crippen molar-refractivity contribution in [3.63, 3.8) is 0 Å². The summed E-state index contributed by atoms with van der Waals surface area (Å²) >= 11 is 0. The predicted octanol–water partition coefficient (Wildman–Crippen LogP) is 30.9. The number of esters is 2. The number of ether oxygens (including phenoxy) is 2. The molecule has 8 heteroatoms. The maximum absolute atomic E-state index is 10.8. The highest BCUT2D eigenvalue weighted by Crippen LogP contribution is 2.40. The van der Waals surface area contributed by atoms with Gasteiger partial charge in [0.15, 0.2) is 0 Å². The molecule has 610 valence electrons. The summed E-state index contributed by atoms with van der Waals surface area (Å²) in [5.41, 5.74) is 33.7. The Hall–Kier alpha value is -11.7. The molecule has 0 atom stereocenters. The average molecular weight is 1560 g/mol. The molecule has 0 aromatic heterocycles. The molecule has 0 N–H and O–H groups in total. The maximum Gasteiger partial charge on any atom is 0.333 e. The second-order valence-electron chi connectivity index (χ2n) is 30.7. The van der Waals surface area contributed by atoms with Crippen LogP contribution in [0.2, 0.25) is 0 Å². The van der Waals surface area contributed by atoms with E-state index in [0.717, 1.165) is 57.8 Å². The first kappa shape index (κ1) is 92.4. The van der Waals surface area contributed by atoms with Gasteiger partial charge in [0.2, 0.25) is 0 Å². The van der Waals surface area contributed by atoms with Crippen molar-refractivity contribution in [2.45, 2.75) is 195 Å². The summed E-state index contributed by atoms with van der Waals surface area (Å²) in [7, 11) is 0. The van der Waals surface area contributed by atoms with Crippen molar-refractivity contribution >= 4 is 80.2 Å². The molecule has 12 rings (SSSR count). The Morgan fingerprint density at radius 3 is 0.658 bits per heavy atom. The molecule has 0 fully saturated rings. The zero-order chi connectivity index (χ0) is 84.8. The zero-order valence-electron chi connectivity index (χ0n) is 73.6. The van der Waals surface area contributed by atoms with E-state index >= 15 is 0 Å². The molecule has 117 heavy (non-hydrogen) atoms. The topological polar surface area (TPSA) is 65.6 Å². The monoisotopic (exact) mass is 1560 g/mol. The van der Waals surface area contributed by atoms with Gasteiger partial charge in [0, 0.05) is 79.4 Å². The smallest absolute Gasteiger partial charge is 0.333 e. The summed E-state index contributed by atoms with van der Waals surface area (Å²) < 4.78 is 9.67. The highest BCUT2D eigenvalue weighted by Gasteiger charge is 2.18. The lowest BCUT2D eigenvalue weighted by molar-refractivity contribution is -0.139. The van der Waals surface area contributed by atoms with Crippen LogP contribution in [0.5, 0.6) is 0 Å². The van der Waals surface area contributed by atoms with Crippen LogP contribution in [0.1, 0.15) is 178 Å². The van der Waals surface area contributed by atoms with E-state index in [1.54, 1.807) is 13.8 Å². The number of nitrogens with zero attached hydrogens (tertiary/aromatic N) is 4. The summed E-state index contributed by atoms with van der Waals surface area (Å²) in [6.45, 7) is 45.7. The second-order valence-corrected chi connectivity index (χ2v) is 30.7. The van der Waals surface area contributed by atoms with E-state index in [-0.39, 0.29) is 11.9 Å². The van der Waals surface area contributed by atoms with Gasteiger partial charge in [-0.2, -0.15) is 0 Å². The zero-order valence-corrected chi connectivity index (χ0v) is 73.6. The molecule has 0 unspecified atom stereocenters. The van der Waals surface area contributed by atoms with Crippen molar-refractivity contribution in [2.24, 2.45) is 0 Å². The van der Waals surface area contributed by atoms with Gasteiger partial charge < -0.3 is 29.1 Å². The Balaban J connectivity index is 0.000000200. The van der Waals surface area contributed by atoms with Crippen molar-refractivity contribution in [1.29, 1.82) is 0 Å². The Labute approximate surface area is 704 Å². The third kappa shape index (κ3) is 29.8. The quantitative estimate of drug-likeness (QED) is 0.0287. The largest absolute Gasteiger partial charge is 0.462 e. The van der Waals surface area contributed by atoms with Gasteiger partial charge in [0.25, 0.3) is 0 Å². The SMILES string of the molecule is C=C(C)C(=O)OCCCC.C=C(C)C(=O)OCCCCC.CCCc1ccc(N(c2ccc(C)cc2)c2ccc(CCC)cc2)cc1.CCc1ccc(N(c2ccc(C)cc2)c2ccc(CC)cc2)cc1.Cc1ccc(N(c2ccc(C)c(C)c2)c2ccc(C)c(C)c2)cc1.Cc1ccc(N(c2ccc(C)cc2)c2ccc(C)cc2)cc1. The Kier molecular flexibility index (Phi) is 38.4. The van der Waals surface area contributed by atoms with E-state index in [9.17, 15) is 9.59 Å². The standard InChI is InChI=1S/C25H29N.2C23H25N.C21H21N.C9H16O2.C8H14O2/c1-4-6-21-10-16-24(17-11-21)26(23-14-8-20(3)9-15-23)25-18-12-22(7-5-2)13-19-25;1-16-6-10-21(11-7-16)24(22-12-8-17(2)19(4)14-22)23-13-9-18(3)20(5)15-23;1-4-19-8-14-22(15-9-19)24(21-12-6-18(3)7-13-21)23-16-10-20(5-2)11-17-23;1-16-4-10-19(11-5-16)22(20-12-6-17(2)7-13-20)21-14-8-18(3)9-15-21;1-4-5-6-7-11-9(10)8(2)3;1-4-5-6-10-8(9)7(2)3/h8-19H,4-7H2,1-3H3;6-15H,1-5H3;6-17H,4-5H2,1-3H3;4-15H,1-3H3;2,4-7H2,1,3H3;2,4-6H2,1,3H3. The van der Waals surface area contributed by atoms with Crippen LogP contribution in [0.4, 0.5) is 68.2 Å². The number of carbonyl (C=O) groups excluding carboxylic acids is 2. The van der Waals surface area contributed by atoms with Crippen molar-refractivity contribution in [1.82, 2.24) is 0 Å². The minimum absolute atomic E-state index is 0.277. The van der Waals surface area contributed by atoms with E-state index in [1.165, 1.54) is 159 Å². The first-order valence-electron chi connectivity index (χ1n) is 42.1. The number of carbonyl (C=O) groups is 2. The molecule has 0 bridgehead atoms. The average Bonchev–Trinajstić information content (AvgIpc) is 0.791. The number of hydrogen-bond acceptors (Lipinski definition) is 8. The van der Waals surface area contributed by atoms with Crippen LogP contribution < -0.4 is 19.6 Å². The van der Waals surface area contributed by atoms with Gasteiger partial charge in [0.1, 0.15) is 0 Å². The molecule has 0 aliphatic carbocycles. The summed E-state index contributed by atoms with van der Waals surface area (Å²) in [5.74, 6) is -0.561. The minimum atomic E-state index is -0.284. The number of rotatable bonds is 27. The fraction of sp³-hybridized carbons (Fsp3) is 0.284. The van der Waals surface area contributed by atoms with E-state index in [4.69, 9.17) is 9.47 Å². The molecule has 8 nitrogen and oxygen atoms in total. The van der Waals surface area contributed by atoms with Gasteiger partial charge in [-0.1, -0.05) is 254 Å². The molecule has 0 amide bonds. The van der Waals surface area contributed by atoms with Crippen LogP contribution in [0.3, 0.4) is 0 Å². The van der Waals surface area contributed by atoms with Crippen molar-refractivity contribution in [2.75, 3.05) is 32.8 Å². The molecule has 0 saturated heterocycles. The highest BCUT2D eigenvalue weighted by molar-refractivity contribution is 5.87. The fourth-order valence-electron chi connectivity index (χ4n) is 12.7. The normalized spacial score (nSPS) is 10.4. The molecular formula is C109H130N4O4. The fourth-order valence-corrected chi connectivity index (χ4v) is 12.7. The van der Waals surface area contributed by atoms with Gasteiger partial charge >= 0.3 is 11.9 Å². The van der Waals surface area contributed by atoms with Crippen molar-refractivity contribution < 1.29 is 19.1 Å². The molecule has 0 saturated carbocycles. The van der Waals surface area contributed by atoms with Gasteiger partial charge in [-0.05, 0) is 312 Å². The van der Waals surface area contributed by atoms with Crippen LogP contribution in [-0.4, -0.2) is 25.2 Å². The molecule has 0 heterocycles. The summed E-state index contributed by atoms with van der Waals surface area (Å²) in [4.78, 5) is 30.8. The first-order valence-corrected chi connectivity index (χ1v) is 42.1. The van der Waals surface area contributed by atoms with Gasteiger partial charge in [-0.15, -0.1) is 0 Å². The summed E-state index contributed by atoms with van der Waals surface area (Å²) in [6, 6.07) is 101. The van der Waals surface area contributed by atoms with E-state index in [0.29, 0.717) is 24.4 Å². The third-order valence-corrected chi connectivity index (χ3v) is 20.3. The van der Waals surface area contributed by atoms with Gasteiger partial charge in [0.05, 0.1) is 13.2 Å². The molecule has 12 aromatic carbocycles. The minimum Gasteiger partial charge on any atom is -0.462 e. The molecule has 0 aliphatic rings. The maximum atomic E-state index is 10.8. The van der Waals surface area contributed by atoms with Crippen LogP contribution in [0, 0.1) is 69.2 Å². The van der Waals surface area contributed by atoms with Crippen LogP contribution >= 0.6 is 0 Å². The molecule has 0 spiro atoms. The molecule has 0 aliphatic heterocycles. The number of aryl methyl sites for hydroxylation is 14. The van der Waals surface area contributed by atoms with Crippen molar-refractivity contribution in [3.05, 3.63) is 381 Å². The van der Waals surface area contributed by atoms with Gasteiger partial charge in [-0.25, -0.2) is 9.59 Å². The van der Waals surface area contributed by atoms with E-state index < -0.39 is 0 Å². The number of hydrogen-bond donors (Lipinski definition) is 0. The first-order chi connectivity index (χ1) is 56.4. The highest BCUT2D eigenvalue weighted by atomic mass is 16.5. The van der Waals surface area contributed by atoms with Gasteiger partial charge in [-0.3, -0.25) is 0 Å². The summed E-state index contributed by atoms with van der Waals surface area (Å²) in [5, 5.41) is 0. The van der Waals surface area contributed by atoms with Crippen LogP contribution in [-0.2, 0) is 44.7 Å².